The Balaban J connectivity index is 0.000000142. The van der Waals surface area contributed by atoms with E-state index >= 15 is 0 Å². The molecule has 0 aliphatic heterocycles. The van der Waals surface area contributed by atoms with Gasteiger partial charge in [0, 0.05) is 11.8 Å². The third-order valence-corrected chi connectivity index (χ3v) is 9.58. The van der Waals surface area contributed by atoms with Crippen molar-refractivity contribution in [1.82, 2.24) is 0 Å². The highest BCUT2D eigenvalue weighted by Gasteiger charge is 2.51. The van der Waals surface area contributed by atoms with Gasteiger partial charge < -0.3 is 18.9 Å². The van der Waals surface area contributed by atoms with E-state index in [0.717, 1.165) is 11.5 Å². The Kier molecular flexibility index (Phi) is 7.59. The monoisotopic (exact) mass is 588 g/mol. The molecule has 8 aliphatic rings. The predicted molar refractivity (Wildman–Crippen MR) is 167 cm³/mol. The quantitative estimate of drug-likeness (QED) is 0.250. The van der Waals surface area contributed by atoms with Gasteiger partial charge in [-0.05, 0) is 95.2 Å². The fraction of sp³-hybridized carbons (Fsp3) is 0.316. The van der Waals surface area contributed by atoms with Crippen LogP contribution in [0.4, 0.5) is 0 Å². The molecule has 6 nitrogen and oxygen atoms in total. The Morgan fingerprint density at radius 2 is 1.02 bits per heavy atom. The van der Waals surface area contributed by atoms with E-state index < -0.39 is 0 Å². The standard InChI is InChI=1S/2C19H18O3/c1-21-15-6-4-13(5-7-15)19(20)22-11-14-10-12-2-8-16-17(9-3-12)18(14)16;1-21-15-6-2-13(3-7-15)19(20)22-11-14-10-18-16-8-4-12(14)5-9-17(16)18/h2*2-10,12,16-18H,11H2,1H3. The first-order valence-corrected chi connectivity index (χ1v) is 15.3. The molecule has 4 atom stereocenters. The Labute approximate surface area is 258 Å². The molecule has 2 aromatic rings. The van der Waals surface area contributed by atoms with Crippen molar-refractivity contribution >= 4 is 11.9 Å². The molecule has 0 heterocycles. The molecule has 8 bridgehead atoms. The van der Waals surface area contributed by atoms with Crippen LogP contribution in [-0.2, 0) is 9.47 Å². The van der Waals surface area contributed by atoms with Gasteiger partial charge in [0.25, 0.3) is 0 Å². The smallest absolute Gasteiger partial charge is 0.338 e. The van der Waals surface area contributed by atoms with E-state index in [9.17, 15) is 9.59 Å². The Bertz CT molecular complexity index is 1570. The molecule has 0 N–H and O–H groups in total. The molecule has 8 aliphatic carbocycles. The average molecular weight is 589 g/mol. The van der Waals surface area contributed by atoms with Crippen molar-refractivity contribution in [3.05, 3.63) is 132 Å². The van der Waals surface area contributed by atoms with Crippen LogP contribution in [0.1, 0.15) is 20.7 Å². The summed E-state index contributed by atoms with van der Waals surface area (Å²) in [4.78, 5) is 24.3. The minimum Gasteiger partial charge on any atom is -0.497 e. The lowest BCUT2D eigenvalue weighted by Crippen LogP contribution is -2.11. The second kappa shape index (κ2) is 11.8. The van der Waals surface area contributed by atoms with Crippen molar-refractivity contribution in [1.29, 1.82) is 0 Å². The first kappa shape index (κ1) is 28.2. The number of carbonyl (C=O) groups excluding carboxylic acids is 2. The largest absolute Gasteiger partial charge is 0.497 e. The van der Waals surface area contributed by atoms with Gasteiger partial charge in [-0.1, -0.05) is 60.8 Å². The number of esters is 2. The molecular formula is C38H36O6. The number of methoxy groups -OCH3 is 2. The van der Waals surface area contributed by atoms with Crippen molar-refractivity contribution in [2.75, 3.05) is 27.4 Å². The summed E-state index contributed by atoms with van der Waals surface area (Å²) in [5, 5.41) is 0. The highest BCUT2D eigenvalue weighted by molar-refractivity contribution is 5.90. The summed E-state index contributed by atoms with van der Waals surface area (Å²) in [6.45, 7) is 0.753. The summed E-state index contributed by atoms with van der Waals surface area (Å²) in [5.41, 5.74) is 3.56. The van der Waals surface area contributed by atoms with Crippen LogP contribution in [0.5, 0.6) is 11.5 Å². The molecular weight excluding hydrogens is 552 g/mol. The number of allylic oxidation sites excluding steroid dienone is 10. The lowest BCUT2D eigenvalue weighted by molar-refractivity contribution is 0.0526. The Hall–Kier alpha value is -4.58. The summed E-state index contributed by atoms with van der Waals surface area (Å²) in [6.07, 6.45) is 22.8. The van der Waals surface area contributed by atoms with Crippen LogP contribution in [0.15, 0.2) is 120 Å². The first-order chi connectivity index (χ1) is 21.5. The van der Waals surface area contributed by atoms with Crippen molar-refractivity contribution in [2.24, 2.45) is 47.3 Å². The van der Waals surface area contributed by atoms with Crippen LogP contribution in [0.25, 0.3) is 0 Å². The molecule has 2 aromatic carbocycles. The second-order valence-corrected chi connectivity index (χ2v) is 12.1. The Morgan fingerprint density at radius 1 is 0.545 bits per heavy atom. The molecule has 0 radical (unpaired) electrons. The lowest BCUT2D eigenvalue weighted by atomic mass is 10.00. The minimum atomic E-state index is -0.289. The lowest BCUT2D eigenvalue weighted by Gasteiger charge is -2.13. The summed E-state index contributed by atoms with van der Waals surface area (Å²) >= 11 is 0. The summed E-state index contributed by atoms with van der Waals surface area (Å²) < 4.78 is 21.2. The van der Waals surface area contributed by atoms with Crippen LogP contribution in [0.2, 0.25) is 0 Å². The topological polar surface area (TPSA) is 71.1 Å². The fourth-order valence-electron chi connectivity index (χ4n) is 6.89. The molecule has 44 heavy (non-hydrogen) atoms. The third kappa shape index (κ3) is 5.69. The van der Waals surface area contributed by atoms with E-state index in [1.807, 2.05) is 0 Å². The first-order valence-electron chi connectivity index (χ1n) is 15.3. The second-order valence-electron chi connectivity index (χ2n) is 12.1. The van der Waals surface area contributed by atoms with Gasteiger partial charge in [0.1, 0.15) is 24.7 Å². The number of hydrogen-bond donors (Lipinski definition) is 0. The molecule has 224 valence electrons. The zero-order chi connectivity index (χ0) is 30.2. The molecule has 4 unspecified atom stereocenters. The van der Waals surface area contributed by atoms with E-state index in [1.54, 1.807) is 62.8 Å². The number of hydrogen-bond acceptors (Lipinski definition) is 6. The van der Waals surface area contributed by atoms with E-state index in [2.05, 4.69) is 60.8 Å². The number of carbonyl (C=O) groups is 2. The molecule has 0 amide bonds. The zero-order valence-corrected chi connectivity index (χ0v) is 24.9. The maximum absolute atomic E-state index is 12.2. The van der Waals surface area contributed by atoms with Gasteiger partial charge >= 0.3 is 11.9 Å². The van der Waals surface area contributed by atoms with Crippen molar-refractivity contribution in [3.8, 4) is 11.5 Å². The zero-order valence-electron chi connectivity index (χ0n) is 24.9. The van der Waals surface area contributed by atoms with Gasteiger partial charge in [0.15, 0.2) is 0 Å². The van der Waals surface area contributed by atoms with E-state index in [1.165, 1.54) is 11.1 Å². The molecule has 2 fully saturated rings. The van der Waals surface area contributed by atoms with E-state index in [0.29, 0.717) is 65.8 Å². The third-order valence-electron chi connectivity index (χ3n) is 9.58. The van der Waals surface area contributed by atoms with Crippen LogP contribution in [0.3, 0.4) is 0 Å². The summed E-state index contributed by atoms with van der Waals surface area (Å²) in [7, 11) is 3.21. The highest BCUT2D eigenvalue weighted by Crippen LogP contribution is 2.56. The van der Waals surface area contributed by atoms with Crippen LogP contribution < -0.4 is 9.47 Å². The van der Waals surface area contributed by atoms with Crippen LogP contribution >= 0.6 is 0 Å². The van der Waals surface area contributed by atoms with Gasteiger partial charge in [-0.15, -0.1) is 0 Å². The molecule has 2 saturated carbocycles. The SMILES string of the molecule is COc1ccc(C(=O)OCC2=CC3C4C=CC2C=CC43)cc1.COc1ccc(C(=O)OCC2=CC3C=CC4C(C=C3)C24)cc1. The van der Waals surface area contributed by atoms with Gasteiger partial charge in [0.05, 0.1) is 25.3 Å². The molecule has 0 aromatic heterocycles. The van der Waals surface area contributed by atoms with Crippen molar-refractivity contribution < 1.29 is 28.5 Å². The van der Waals surface area contributed by atoms with E-state index in [4.69, 9.17) is 18.9 Å². The van der Waals surface area contributed by atoms with Crippen molar-refractivity contribution in [2.45, 2.75) is 0 Å². The molecule has 0 spiro atoms. The molecule has 10 rings (SSSR count). The van der Waals surface area contributed by atoms with Gasteiger partial charge in [-0.2, -0.15) is 0 Å². The normalized spacial score (nSPS) is 30.3. The number of benzene rings is 2. The number of rotatable bonds is 8. The fourth-order valence-corrected chi connectivity index (χ4v) is 6.89. The van der Waals surface area contributed by atoms with Crippen LogP contribution in [0, 0.1) is 47.3 Å². The maximum atomic E-state index is 12.2. The minimum absolute atomic E-state index is 0.279. The van der Waals surface area contributed by atoms with Gasteiger partial charge in [-0.3, -0.25) is 0 Å². The summed E-state index contributed by atoms with van der Waals surface area (Å²) in [6, 6.07) is 14.0. The Morgan fingerprint density at radius 3 is 1.52 bits per heavy atom. The van der Waals surface area contributed by atoms with Crippen molar-refractivity contribution in [3.63, 3.8) is 0 Å². The molecule has 6 heteroatoms. The maximum Gasteiger partial charge on any atom is 0.338 e. The molecule has 0 saturated heterocycles. The summed E-state index contributed by atoms with van der Waals surface area (Å²) in [5.74, 6) is 5.21. The average Bonchev–Trinajstić information content (AvgIpc) is 3.94. The number of ether oxygens (including phenoxy) is 4. The van der Waals surface area contributed by atoms with Crippen LogP contribution in [-0.4, -0.2) is 39.4 Å². The van der Waals surface area contributed by atoms with E-state index in [-0.39, 0.29) is 17.9 Å². The highest BCUT2D eigenvalue weighted by atomic mass is 16.5. The predicted octanol–water partition coefficient (Wildman–Crippen LogP) is 6.79. The van der Waals surface area contributed by atoms with Gasteiger partial charge in [0.2, 0.25) is 0 Å². The van der Waals surface area contributed by atoms with Gasteiger partial charge in [-0.25, -0.2) is 9.59 Å².